The van der Waals surface area contributed by atoms with Crippen molar-refractivity contribution in [2.75, 3.05) is 0 Å². The summed E-state index contributed by atoms with van der Waals surface area (Å²) < 4.78 is 39.2. The second kappa shape index (κ2) is 4.47. The lowest BCUT2D eigenvalue weighted by Crippen LogP contribution is -2.12. The number of allylic oxidation sites excluding steroid dienone is 2. The van der Waals surface area contributed by atoms with Gasteiger partial charge in [0.1, 0.15) is 6.54 Å². The van der Waals surface area contributed by atoms with Crippen molar-refractivity contribution in [3.8, 4) is 0 Å². The molecule has 0 fully saturated rings. The van der Waals surface area contributed by atoms with Gasteiger partial charge < -0.3 is 5.11 Å². The summed E-state index contributed by atoms with van der Waals surface area (Å²) in [7, 11) is 0. The average Bonchev–Trinajstić information content (AvgIpc) is 2.81. The first kappa shape index (κ1) is 12.7. The summed E-state index contributed by atoms with van der Waals surface area (Å²) in [5.74, 6) is -1.22. The highest BCUT2D eigenvalue weighted by Crippen LogP contribution is 2.37. The van der Waals surface area contributed by atoms with E-state index in [1.54, 1.807) is 6.08 Å². The lowest BCUT2D eigenvalue weighted by Gasteiger charge is -2.06. The average molecular weight is 260 g/mol. The van der Waals surface area contributed by atoms with Crippen molar-refractivity contribution in [2.24, 2.45) is 0 Å². The minimum absolute atomic E-state index is 0.00116. The van der Waals surface area contributed by atoms with E-state index in [-0.39, 0.29) is 5.56 Å². The number of hydrogen-bond acceptors (Lipinski definition) is 2. The molecule has 0 amide bonds. The smallest absolute Gasteiger partial charge is 0.435 e. The van der Waals surface area contributed by atoms with Gasteiger partial charge in [-0.25, -0.2) is 0 Å². The summed E-state index contributed by atoms with van der Waals surface area (Å²) in [6.45, 7) is -0.573. The first-order chi connectivity index (χ1) is 8.38. The number of nitrogens with zero attached hydrogens (tertiary/aromatic N) is 2. The molecule has 1 aromatic heterocycles. The fourth-order valence-corrected chi connectivity index (χ4v) is 2.00. The first-order valence-corrected chi connectivity index (χ1v) is 5.44. The van der Waals surface area contributed by atoms with Crippen LogP contribution in [0.25, 0.3) is 5.57 Å². The van der Waals surface area contributed by atoms with Gasteiger partial charge in [0.05, 0.1) is 0 Å². The largest absolute Gasteiger partial charge is 0.480 e. The fraction of sp³-hybridized carbons (Fsp3) is 0.455. The van der Waals surface area contributed by atoms with E-state index in [0.29, 0.717) is 12.0 Å². The van der Waals surface area contributed by atoms with E-state index in [9.17, 15) is 18.0 Å². The van der Waals surface area contributed by atoms with Gasteiger partial charge in [0.25, 0.3) is 0 Å². The van der Waals surface area contributed by atoms with E-state index >= 15 is 0 Å². The number of carboxylic acid groups (broad SMARTS) is 1. The van der Waals surface area contributed by atoms with Crippen molar-refractivity contribution in [1.29, 1.82) is 0 Å². The number of halogens is 3. The Bertz CT molecular complexity index is 503. The van der Waals surface area contributed by atoms with Gasteiger partial charge in [0.2, 0.25) is 0 Å². The summed E-state index contributed by atoms with van der Waals surface area (Å²) in [4.78, 5) is 10.5. The second-order valence-electron chi connectivity index (χ2n) is 4.10. The first-order valence-electron chi connectivity index (χ1n) is 5.44. The Hall–Kier alpha value is -1.79. The lowest BCUT2D eigenvalue weighted by molar-refractivity contribution is -0.143. The van der Waals surface area contributed by atoms with E-state index in [1.165, 1.54) is 0 Å². The van der Waals surface area contributed by atoms with E-state index in [2.05, 4.69) is 5.10 Å². The Morgan fingerprint density at radius 1 is 1.50 bits per heavy atom. The van der Waals surface area contributed by atoms with Crippen LogP contribution in [0.15, 0.2) is 12.3 Å². The molecule has 1 heterocycles. The molecule has 2 rings (SSSR count). The molecule has 1 aliphatic rings. The van der Waals surface area contributed by atoms with Crippen LogP contribution < -0.4 is 0 Å². The Morgan fingerprint density at radius 2 is 2.22 bits per heavy atom. The summed E-state index contributed by atoms with van der Waals surface area (Å²) in [5, 5.41) is 11.9. The molecule has 98 valence electrons. The maximum absolute atomic E-state index is 12.8. The topological polar surface area (TPSA) is 55.1 Å². The molecule has 0 saturated heterocycles. The zero-order chi connectivity index (χ0) is 13.3. The lowest BCUT2D eigenvalue weighted by atomic mass is 10.1. The van der Waals surface area contributed by atoms with Gasteiger partial charge in [-0.15, -0.1) is 0 Å². The number of carbonyl (C=O) groups is 1. The number of aliphatic carboxylic acids is 1. The van der Waals surface area contributed by atoms with Crippen molar-refractivity contribution in [3.63, 3.8) is 0 Å². The van der Waals surface area contributed by atoms with Gasteiger partial charge >= 0.3 is 12.1 Å². The Morgan fingerprint density at radius 3 is 2.72 bits per heavy atom. The Kier molecular flexibility index (Phi) is 3.14. The third-order valence-electron chi connectivity index (χ3n) is 2.71. The molecule has 18 heavy (non-hydrogen) atoms. The van der Waals surface area contributed by atoms with Crippen molar-refractivity contribution >= 4 is 11.5 Å². The SMILES string of the molecule is O=C(O)Cn1cc(C2=CCCC2)c(C(F)(F)F)n1. The van der Waals surface area contributed by atoms with E-state index in [4.69, 9.17) is 5.11 Å². The highest BCUT2D eigenvalue weighted by Gasteiger charge is 2.38. The van der Waals surface area contributed by atoms with Crippen molar-refractivity contribution < 1.29 is 23.1 Å². The number of aromatic nitrogens is 2. The molecule has 1 N–H and O–H groups in total. The number of rotatable bonds is 3. The van der Waals surface area contributed by atoms with Crippen LogP contribution in [0.3, 0.4) is 0 Å². The highest BCUT2D eigenvalue weighted by atomic mass is 19.4. The zero-order valence-corrected chi connectivity index (χ0v) is 9.37. The molecule has 0 aliphatic heterocycles. The van der Waals surface area contributed by atoms with E-state index < -0.39 is 24.4 Å². The predicted molar refractivity (Wildman–Crippen MR) is 56.7 cm³/mol. The molecule has 0 atom stereocenters. The molecule has 1 aliphatic carbocycles. The number of carboxylic acids is 1. The number of alkyl halides is 3. The standard InChI is InChI=1S/C11H11F3N2O2/c12-11(13,14)10-8(7-3-1-2-4-7)5-16(15-10)6-9(17)18/h3,5H,1-2,4,6H2,(H,17,18). The van der Waals surface area contributed by atoms with Crippen LogP contribution in [0.5, 0.6) is 0 Å². The quantitative estimate of drug-likeness (QED) is 0.908. The molecule has 0 radical (unpaired) electrons. The maximum Gasteiger partial charge on any atom is 0.435 e. The Labute approximate surface area is 101 Å². The zero-order valence-electron chi connectivity index (χ0n) is 9.37. The van der Waals surface area contributed by atoms with Gasteiger partial charge in [-0.1, -0.05) is 6.08 Å². The van der Waals surface area contributed by atoms with E-state index in [1.807, 2.05) is 0 Å². The summed E-state index contributed by atoms with van der Waals surface area (Å²) in [6, 6.07) is 0. The molecule has 0 aromatic carbocycles. The third-order valence-corrected chi connectivity index (χ3v) is 2.71. The van der Waals surface area contributed by atoms with Crippen LogP contribution in [0.4, 0.5) is 13.2 Å². The third kappa shape index (κ3) is 2.55. The van der Waals surface area contributed by atoms with E-state index in [0.717, 1.165) is 23.7 Å². The molecule has 7 heteroatoms. The minimum atomic E-state index is -4.57. The van der Waals surface area contributed by atoms with Crippen LogP contribution in [0.1, 0.15) is 30.5 Å². The van der Waals surface area contributed by atoms with Crippen LogP contribution in [0, 0.1) is 0 Å². The molecular formula is C11H11F3N2O2. The van der Waals surface area contributed by atoms with Crippen LogP contribution in [-0.4, -0.2) is 20.9 Å². The summed E-state index contributed by atoms with van der Waals surface area (Å²) in [5.41, 5.74) is -0.405. The molecule has 0 spiro atoms. The molecule has 0 unspecified atom stereocenters. The molecule has 0 bridgehead atoms. The monoisotopic (exact) mass is 260 g/mol. The molecule has 1 aromatic rings. The van der Waals surface area contributed by atoms with Gasteiger partial charge in [-0.2, -0.15) is 18.3 Å². The molecular weight excluding hydrogens is 249 g/mol. The van der Waals surface area contributed by atoms with Crippen LogP contribution >= 0.6 is 0 Å². The predicted octanol–water partition coefficient (Wildman–Crippen LogP) is 2.55. The van der Waals surface area contributed by atoms with Crippen molar-refractivity contribution in [3.05, 3.63) is 23.5 Å². The normalized spacial score (nSPS) is 15.8. The minimum Gasteiger partial charge on any atom is -0.480 e. The maximum atomic E-state index is 12.8. The van der Waals surface area contributed by atoms with Gasteiger partial charge in [-0.05, 0) is 24.8 Å². The molecule has 4 nitrogen and oxygen atoms in total. The van der Waals surface area contributed by atoms with Crippen molar-refractivity contribution in [2.45, 2.75) is 32.0 Å². The van der Waals surface area contributed by atoms with Gasteiger partial charge in [0.15, 0.2) is 5.69 Å². The van der Waals surface area contributed by atoms with Crippen LogP contribution in [0.2, 0.25) is 0 Å². The van der Waals surface area contributed by atoms with Gasteiger partial charge in [-0.3, -0.25) is 9.48 Å². The van der Waals surface area contributed by atoms with Gasteiger partial charge in [0, 0.05) is 11.8 Å². The second-order valence-corrected chi connectivity index (χ2v) is 4.10. The fourth-order valence-electron chi connectivity index (χ4n) is 2.00. The number of hydrogen-bond donors (Lipinski definition) is 1. The Balaban J connectivity index is 2.42. The van der Waals surface area contributed by atoms with Crippen LogP contribution in [-0.2, 0) is 17.5 Å². The summed E-state index contributed by atoms with van der Waals surface area (Å²) >= 11 is 0. The van der Waals surface area contributed by atoms with Crippen molar-refractivity contribution in [1.82, 2.24) is 9.78 Å². The summed E-state index contributed by atoms with van der Waals surface area (Å²) in [6.07, 6.45) is 0.475. The highest BCUT2D eigenvalue weighted by molar-refractivity contribution is 5.70. The molecule has 0 saturated carbocycles.